The van der Waals surface area contributed by atoms with Crippen molar-refractivity contribution >= 4 is 18.1 Å². The van der Waals surface area contributed by atoms with Gasteiger partial charge in [0.15, 0.2) is 0 Å². The van der Waals surface area contributed by atoms with Gasteiger partial charge in [-0.1, -0.05) is 6.08 Å². The summed E-state index contributed by atoms with van der Waals surface area (Å²) in [4.78, 5) is 41.2. The second-order valence-electron chi connectivity index (χ2n) is 11.0. The fraction of sp³-hybridized carbons (Fsp3) is 0.773. The Balaban J connectivity index is 2.31. The monoisotopic (exact) mass is 424 g/mol. The lowest BCUT2D eigenvalue weighted by molar-refractivity contribution is -0.127. The van der Waals surface area contributed by atoms with Crippen molar-refractivity contribution in [2.45, 2.75) is 104 Å². The standard InChI is InChI=1S/C22H36N2O6/c1-19(2,3)29-17(26)23-15(13-28-22(23,9)10)11-14-12-21(7,8)24(16(14)25)18(27)30-20(4,5)6/h11,15H,12-13H2,1-10H3/t15-/m0/s1. The van der Waals surface area contributed by atoms with Gasteiger partial charge in [-0.15, -0.1) is 0 Å². The molecule has 1 atom stereocenters. The highest BCUT2D eigenvalue weighted by molar-refractivity contribution is 6.06. The Labute approximate surface area is 179 Å². The summed E-state index contributed by atoms with van der Waals surface area (Å²) in [6.45, 7) is 18.1. The quantitative estimate of drug-likeness (QED) is 0.586. The van der Waals surface area contributed by atoms with Gasteiger partial charge in [0.1, 0.15) is 16.9 Å². The van der Waals surface area contributed by atoms with Crippen LogP contribution in [0, 0.1) is 0 Å². The Bertz CT molecular complexity index is 755. The lowest BCUT2D eigenvalue weighted by atomic mass is 9.99. The maximum atomic E-state index is 13.1. The molecule has 2 aliphatic rings. The summed E-state index contributed by atoms with van der Waals surface area (Å²) in [6.07, 6.45) is 0.880. The topological polar surface area (TPSA) is 85.4 Å². The molecule has 0 aromatic carbocycles. The van der Waals surface area contributed by atoms with Crippen LogP contribution in [0.3, 0.4) is 0 Å². The van der Waals surface area contributed by atoms with Crippen molar-refractivity contribution in [3.05, 3.63) is 11.6 Å². The normalized spacial score (nSPS) is 25.1. The SMILES string of the molecule is CC(C)(C)OC(=O)N1C(=O)C(=C[C@H]2COC(C)(C)N2C(=O)OC(C)(C)C)CC1(C)C. The van der Waals surface area contributed by atoms with E-state index in [1.54, 1.807) is 61.5 Å². The first-order chi connectivity index (χ1) is 13.3. The van der Waals surface area contributed by atoms with Crippen LogP contribution in [0.4, 0.5) is 9.59 Å². The lowest BCUT2D eigenvalue weighted by Gasteiger charge is -2.34. The molecule has 8 nitrogen and oxygen atoms in total. The Morgan fingerprint density at radius 2 is 1.50 bits per heavy atom. The van der Waals surface area contributed by atoms with Crippen LogP contribution in [0.5, 0.6) is 0 Å². The van der Waals surface area contributed by atoms with Gasteiger partial charge in [0.25, 0.3) is 5.91 Å². The molecule has 30 heavy (non-hydrogen) atoms. The fourth-order valence-corrected chi connectivity index (χ4v) is 3.66. The van der Waals surface area contributed by atoms with E-state index in [1.165, 1.54) is 4.90 Å². The zero-order chi connectivity index (χ0) is 23.3. The minimum atomic E-state index is -0.883. The molecule has 0 aliphatic carbocycles. The molecule has 0 saturated carbocycles. The van der Waals surface area contributed by atoms with Gasteiger partial charge in [-0.2, -0.15) is 0 Å². The number of hydrogen-bond donors (Lipinski definition) is 0. The molecule has 0 unspecified atom stereocenters. The van der Waals surface area contributed by atoms with Crippen LogP contribution in [-0.4, -0.2) is 63.0 Å². The van der Waals surface area contributed by atoms with Crippen molar-refractivity contribution in [1.82, 2.24) is 9.80 Å². The number of ether oxygens (including phenoxy) is 3. The minimum Gasteiger partial charge on any atom is -0.444 e. The average molecular weight is 425 g/mol. The summed E-state index contributed by atoms with van der Waals surface area (Å²) >= 11 is 0. The third kappa shape index (κ3) is 5.33. The van der Waals surface area contributed by atoms with E-state index in [4.69, 9.17) is 14.2 Å². The van der Waals surface area contributed by atoms with E-state index in [1.807, 2.05) is 13.8 Å². The Kier molecular flexibility index (Phi) is 6.09. The summed E-state index contributed by atoms with van der Waals surface area (Å²) in [6, 6.07) is -0.483. The predicted octanol–water partition coefficient (Wildman–Crippen LogP) is 4.23. The van der Waals surface area contributed by atoms with Gasteiger partial charge in [-0.25, -0.2) is 14.5 Å². The number of likely N-dealkylation sites (tertiary alicyclic amines) is 1. The van der Waals surface area contributed by atoms with Crippen molar-refractivity contribution in [3.63, 3.8) is 0 Å². The van der Waals surface area contributed by atoms with Crippen LogP contribution in [0.2, 0.25) is 0 Å². The maximum absolute atomic E-state index is 13.1. The Morgan fingerprint density at radius 1 is 1.00 bits per heavy atom. The van der Waals surface area contributed by atoms with Crippen LogP contribution in [-0.2, 0) is 19.0 Å². The number of amides is 3. The number of nitrogens with zero attached hydrogens (tertiary/aromatic N) is 2. The molecule has 170 valence electrons. The highest BCUT2D eigenvalue weighted by Crippen LogP contribution is 2.37. The summed E-state index contributed by atoms with van der Waals surface area (Å²) in [5.74, 6) is -0.414. The van der Waals surface area contributed by atoms with Crippen molar-refractivity contribution in [3.8, 4) is 0 Å². The van der Waals surface area contributed by atoms with Gasteiger partial charge in [0, 0.05) is 12.0 Å². The molecule has 0 N–H and O–H groups in total. The number of carbonyl (C=O) groups is 3. The third-order valence-electron chi connectivity index (χ3n) is 4.79. The van der Waals surface area contributed by atoms with Gasteiger partial charge < -0.3 is 14.2 Å². The molecule has 2 aliphatic heterocycles. The van der Waals surface area contributed by atoms with Crippen molar-refractivity contribution in [2.24, 2.45) is 0 Å². The third-order valence-corrected chi connectivity index (χ3v) is 4.79. The van der Waals surface area contributed by atoms with E-state index in [9.17, 15) is 14.4 Å². The number of hydrogen-bond acceptors (Lipinski definition) is 6. The predicted molar refractivity (Wildman–Crippen MR) is 112 cm³/mol. The molecular weight excluding hydrogens is 388 g/mol. The van der Waals surface area contributed by atoms with Gasteiger partial charge in [0.2, 0.25) is 0 Å². The summed E-state index contributed by atoms with van der Waals surface area (Å²) in [5.41, 5.74) is -2.54. The molecule has 2 rings (SSSR count). The van der Waals surface area contributed by atoms with Crippen molar-refractivity contribution in [2.75, 3.05) is 6.61 Å². The molecule has 3 amide bonds. The molecule has 0 spiro atoms. The van der Waals surface area contributed by atoms with Crippen LogP contribution in [0.1, 0.15) is 75.7 Å². The Morgan fingerprint density at radius 3 is 2.00 bits per heavy atom. The minimum absolute atomic E-state index is 0.232. The van der Waals surface area contributed by atoms with E-state index in [0.29, 0.717) is 12.0 Å². The first-order valence-corrected chi connectivity index (χ1v) is 10.3. The number of carbonyl (C=O) groups excluding carboxylic acids is 3. The lowest BCUT2D eigenvalue weighted by Crippen LogP contribution is -2.49. The van der Waals surface area contributed by atoms with Gasteiger partial charge in [-0.05, 0) is 69.2 Å². The zero-order valence-electron chi connectivity index (χ0n) is 19.9. The maximum Gasteiger partial charge on any atom is 0.417 e. The van der Waals surface area contributed by atoms with Crippen LogP contribution in [0.25, 0.3) is 0 Å². The van der Waals surface area contributed by atoms with E-state index in [-0.39, 0.29) is 6.61 Å². The molecule has 0 bridgehead atoms. The molecule has 8 heteroatoms. The summed E-state index contributed by atoms with van der Waals surface area (Å²) in [7, 11) is 0. The highest BCUT2D eigenvalue weighted by Gasteiger charge is 2.49. The van der Waals surface area contributed by atoms with E-state index in [2.05, 4.69) is 0 Å². The molecular formula is C22H36N2O6. The molecule has 2 heterocycles. The number of rotatable bonds is 1. The largest absolute Gasteiger partial charge is 0.444 e. The smallest absolute Gasteiger partial charge is 0.417 e. The van der Waals surface area contributed by atoms with Gasteiger partial charge in [0.05, 0.1) is 18.2 Å². The summed E-state index contributed by atoms with van der Waals surface area (Å²) < 4.78 is 16.8. The molecule has 0 radical (unpaired) electrons. The first-order valence-electron chi connectivity index (χ1n) is 10.3. The second-order valence-corrected chi connectivity index (χ2v) is 11.0. The molecule has 2 fully saturated rings. The van der Waals surface area contributed by atoms with Gasteiger partial charge in [-0.3, -0.25) is 9.69 Å². The fourth-order valence-electron chi connectivity index (χ4n) is 3.66. The van der Waals surface area contributed by atoms with Crippen molar-refractivity contribution in [1.29, 1.82) is 0 Å². The molecule has 0 aromatic heterocycles. The molecule has 0 aromatic rings. The summed E-state index contributed by atoms with van der Waals surface area (Å²) in [5, 5.41) is 0. The van der Waals surface area contributed by atoms with Crippen LogP contribution < -0.4 is 0 Å². The highest BCUT2D eigenvalue weighted by atomic mass is 16.6. The average Bonchev–Trinajstić information content (AvgIpc) is 2.88. The van der Waals surface area contributed by atoms with E-state index >= 15 is 0 Å². The van der Waals surface area contributed by atoms with E-state index < -0.39 is 46.6 Å². The van der Waals surface area contributed by atoms with Crippen molar-refractivity contribution < 1.29 is 28.6 Å². The number of imide groups is 1. The second kappa shape index (κ2) is 7.55. The Hall–Kier alpha value is -2.09. The zero-order valence-corrected chi connectivity index (χ0v) is 19.9. The van der Waals surface area contributed by atoms with Crippen LogP contribution in [0.15, 0.2) is 11.6 Å². The van der Waals surface area contributed by atoms with E-state index in [0.717, 1.165) is 4.90 Å². The van der Waals surface area contributed by atoms with Crippen LogP contribution >= 0.6 is 0 Å². The molecule has 2 saturated heterocycles. The first kappa shape index (κ1) is 24.2. The van der Waals surface area contributed by atoms with Gasteiger partial charge >= 0.3 is 12.2 Å².